The molecule has 0 bridgehead atoms. The van der Waals surface area contributed by atoms with Gasteiger partial charge < -0.3 is 0 Å². The monoisotopic (exact) mass is 254 g/mol. The molecule has 1 aromatic rings. The lowest BCUT2D eigenvalue weighted by Gasteiger charge is -2.17. The van der Waals surface area contributed by atoms with Crippen molar-refractivity contribution in [3.8, 4) is 0 Å². The average molecular weight is 254 g/mol. The first-order valence-corrected chi connectivity index (χ1v) is 7.81. The molecule has 0 aliphatic heterocycles. The predicted molar refractivity (Wildman–Crippen MR) is 84.3 cm³/mol. The van der Waals surface area contributed by atoms with Gasteiger partial charge in [-0.1, -0.05) is 93.7 Å². The minimum absolute atomic E-state index is 0.484. The molecule has 1 aliphatic rings. The number of unbranched alkanes of at least 4 members (excludes halogenated alkanes) is 4. The van der Waals surface area contributed by atoms with Gasteiger partial charge in [0.2, 0.25) is 0 Å². The Balaban J connectivity index is 1.73. The largest absolute Gasteiger partial charge is 0.0807 e. The molecular formula is C19H26. The molecule has 0 heteroatoms. The highest BCUT2D eigenvalue weighted by molar-refractivity contribution is 5.31. The quantitative estimate of drug-likeness (QED) is 0.421. The van der Waals surface area contributed by atoms with Crippen LogP contribution in [0.1, 0.15) is 56.9 Å². The van der Waals surface area contributed by atoms with Gasteiger partial charge in [0, 0.05) is 5.92 Å². The first-order valence-electron chi connectivity index (χ1n) is 7.81. The Morgan fingerprint density at radius 3 is 2.16 bits per heavy atom. The number of rotatable bonds is 7. The molecule has 2 rings (SSSR count). The lowest BCUT2D eigenvalue weighted by Crippen LogP contribution is -2.01. The Kier molecular flexibility index (Phi) is 5.94. The van der Waals surface area contributed by atoms with Gasteiger partial charge in [-0.25, -0.2) is 0 Å². The Bertz CT molecular complexity index is 385. The van der Waals surface area contributed by atoms with Crippen molar-refractivity contribution < 1.29 is 0 Å². The van der Waals surface area contributed by atoms with Crippen molar-refractivity contribution >= 4 is 0 Å². The Hall–Kier alpha value is -1.30. The molecule has 1 aliphatic carbocycles. The summed E-state index contributed by atoms with van der Waals surface area (Å²) in [6, 6.07) is 10.8. The van der Waals surface area contributed by atoms with Crippen molar-refractivity contribution in [1.29, 1.82) is 0 Å². The van der Waals surface area contributed by atoms with Crippen molar-refractivity contribution in [3.63, 3.8) is 0 Å². The topological polar surface area (TPSA) is 0 Å². The van der Waals surface area contributed by atoms with Crippen molar-refractivity contribution in [3.05, 3.63) is 60.2 Å². The lowest BCUT2D eigenvalue weighted by atomic mass is 9.88. The third kappa shape index (κ3) is 4.70. The molecule has 0 atom stereocenters. The number of hydrogen-bond donors (Lipinski definition) is 0. The Morgan fingerprint density at radius 1 is 0.789 bits per heavy atom. The second-order valence-corrected chi connectivity index (χ2v) is 5.57. The molecular weight excluding hydrogens is 228 g/mol. The molecule has 0 saturated heterocycles. The molecule has 0 saturated carbocycles. The molecule has 0 spiro atoms. The van der Waals surface area contributed by atoms with E-state index in [1.54, 1.807) is 0 Å². The second kappa shape index (κ2) is 7.99. The van der Waals surface area contributed by atoms with E-state index in [9.17, 15) is 0 Å². The summed E-state index contributed by atoms with van der Waals surface area (Å²) in [7, 11) is 0. The maximum Gasteiger partial charge on any atom is 0.0199 e. The van der Waals surface area contributed by atoms with E-state index in [0.29, 0.717) is 11.8 Å². The fourth-order valence-electron chi connectivity index (χ4n) is 2.73. The number of hydrogen-bond acceptors (Lipinski definition) is 0. The first-order chi connectivity index (χ1) is 9.40. The molecule has 0 radical (unpaired) electrons. The maximum absolute atomic E-state index is 2.40. The minimum atomic E-state index is 0.484. The summed E-state index contributed by atoms with van der Waals surface area (Å²) in [6.07, 6.45) is 17.8. The van der Waals surface area contributed by atoms with E-state index in [1.807, 2.05) is 0 Å². The van der Waals surface area contributed by atoms with Crippen molar-refractivity contribution in [2.75, 3.05) is 0 Å². The van der Waals surface area contributed by atoms with Gasteiger partial charge in [-0.05, 0) is 17.9 Å². The van der Waals surface area contributed by atoms with E-state index in [0.717, 1.165) is 0 Å². The molecule has 1 aromatic carbocycles. The van der Waals surface area contributed by atoms with Crippen LogP contribution >= 0.6 is 0 Å². The third-order valence-electron chi connectivity index (χ3n) is 3.96. The van der Waals surface area contributed by atoms with Crippen LogP contribution in [-0.4, -0.2) is 0 Å². The van der Waals surface area contributed by atoms with Gasteiger partial charge in [0.1, 0.15) is 0 Å². The molecule has 0 heterocycles. The second-order valence-electron chi connectivity index (χ2n) is 5.57. The summed E-state index contributed by atoms with van der Waals surface area (Å²) in [5.74, 6) is 1.15. The van der Waals surface area contributed by atoms with E-state index in [-0.39, 0.29) is 0 Å². The van der Waals surface area contributed by atoms with Gasteiger partial charge in [0.15, 0.2) is 0 Å². The zero-order chi connectivity index (χ0) is 13.3. The summed E-state index contributed by atoms with van der Waals surface area (Å²) in [4.78, 5) is 0. The summed E-state index contributed by atoms with van der Waals surface area (Å²) in [5, 5.41) is 0. The molecule has 0 amide bonds. The van der Waals surface area contributed by atoms with Crippen molar-refractivity contribution in [2.45, 2.75) is 51.4 Å². The van der Waals surface area contributed by atoms with Crippen LogP contribution in [0.2, 0.25) is 0 Å². The number of allylic oxidation sites excluding steroid dienone is 4. The molecule has 0 nitrogen and oxygen atoms in total. The van der Waals surface area contributed by atoms with Crippen molar-refractivity contribution in [2.24, 2.45) is 5.92 Å². The highest BCUT2D eigenvalue weighted by atomic mass is 14.2. The van der Waals surface area contributed by atoms with Crippen molar-refractivity contribution in [1.82, 2.24) is 0 Å². The minimum Gasteiger partial charge on any atom is -0.0807 e. The van der Waals surface area contributed by atoms with E-state index >= 15 is 0 Å². The summed E-state index contributed by atoms with van der Waals surface area (Å²) in [6.45, 7) is 2.27. The smallest absolute Gasteiger partial charge is 0.0199 e. The van der Waals surface area contributed by atoms with Crippen LogP contribution < -0.4 is 0 Å². The highest BCUT2D eigenvalue weighted by Gasteiger charge is 2.10. The van der Waals surface area contributed by atoms with Crippen LogP contribution in [0.5, 0.6) is 0 Å². The average Bonchev–Trinajstić information content (AvgIpc) is 2.49. The van der Waals surface area contributed by atoms with Crippen LogP contribution in [0.25, 0.3) is 0 Å². The van der Waals surface area contributed by atoms with Crippen LogP contribution in [0, 0.1) is 5.92 Å². The van der Waals surface area contributed by atoms with Gasteiger partial charge in [-0.15, -0.1) is 0 Å². The third-order valence-corrected chi connectivity index (χ3v) is 3.96. The van der Waals surface area contributed by atoms with E-state index in [1.165, 1.54) is 44.1 Å². The van der Waals surface area contributed by atoms with Gasteiger partial charge in [-0.2, -0.15) is 0 Å². The Morgan fingerprint density at radius 2 is 1.47 bits per heavy atom. The fraction of sp³-hybridized carbons (Fsp3) is 0.474. The Labute approximate surface area is 118 Å². The normalized spacial score (nSPS) is 21.7. The zero-order valence-electron chi connectivity index (χ0n) is 12.1. The highest BCUT2D eigenvalue weighted by Crippen LogP contribution is 2.26. The van der Waals surface area contributed by atoms with Crippen LogP contribution in [0.4, 0.5) is 0 Å². The molecule has 102 valence electrons. The van der Waals surface area contributed by atoms with Gasteiger partial charge in [0.05, 0.1) is 0 Å². The lowest BCUT2D eigenvalue weighted by molar-refractivity contribution is 0.571. The molecule has 0 unspecified atom stereocenters. The first kappa shape index (κ1) is 14.1. The summed E-state index contributed by atoms with van der Waals surface area (Å²) < 4.78 is 0. The molecule has 0 aromatic heterocycles. The van der Waals surface area contributed by atoms with E-state index in [2.05, 4.69) is 61.6 Å². The van der Waals surface area contributed by atoms with Crippen LogP contribution in [-0.2, 0) is 0 Å². The zero-order valence-corrected chi connectivity index (χ0v) is 12.1. The van der Waals surface area contributed by atoms with Gasteiger partial charge >= 0.3 is 0 Å². The summed E-state index contributed by atoms with van der Waals surface area (Å²) in [5.41, 5.74) is 1.40. The van der Waals surface area contributed by atoms with Gasteiger partial charge in [-0.3, -0.25) is 0 Å². The molecule has 19 heavy (non-hydrogen) atoms. The maximum atomic E-state index is 2.40. The van der Waals surface area contributed by atoms with E-state index in [4.69, 9.17) is 0 Å². The van der Waals surface area contributed by atoms with Gasteiger partial charge in [0.25, 0.3) is 0 Å². The molecule has 0 N–H and O–H groups in total. The van der Waals surface area contributed by atoms with E-state index < -0.39 is 0 Å². The van der Waals surface area contributed by atoms with Crippen LogP contribution in [0.3, 0.4) is 0 Å². The standard InChI is InChI=1S/C19H26/c1-2-3-4-5-7-10-17-13-15-19(16-14-17)18-11-8-6-9-12-18/h6,8-9,11-17,19H,2-5,7,10H2,1H3. The summed E-state index contributed by atoms with van der Waals surface area (Å²) >= 11 is 0. The molecule has 0 fully saturated rings. The fourth-order valence-corrected chi connectivity index (χ4v) is 2.73. The SMILES string of the molecule is CCCCCCCC1C=CC(c2ccccc2)C=C1. The predicted octanol–water partition coefficient (Wildman–Crippen LogP) is 5.87. The number of benzene rings is 1. The van der Waals surface area contributed by atoms with Crippen LogP contribution in [0.15, 0.2) is 54.6 Å².